The van der Waals surface area contributed by atoms with Gasteiger partial charge in [0.2, 0.25) is 0 Å². The van der Waals surface area contributed by atoms with E-state index >= 15 is 0 Å². The Morgan fingerprint density at radius 1 is 0.253 bits per heavy atom. The molecule has 1 aliphatic rings. The van der Waals surface area contributed by atoms with Crippen molar-refractivity contribution in [3.8, 4) is 55.6 Å². The quantitative estimate of drug-likeness (QED) is 0.126. The van der Waals surface area contributed by atoms with Crippen LogP contribution in [0, 0.1) is 10.8 Å². The fourth-order valence-electron chi connectivity index (χ4n) is 14.6. The van der Waals surface area contributed by atoms with Crippen molar-refractivity contribution in [2.45, 2.75) is 47.0 Å². The van der Waals surface area contributed by atoms with E-state index in [2.05, 4.69) is 343 Å². The molecular weight excluding hydrogens is 1000 g/mol. The third kappa shape index (κ3) is 8.54. The van der Waals surface area contributed by atoms with Gasteiger partial charge in [0.25, 0.3) is 0 Å². The number of hydrogen-bond donors (Lipinski definition) is 0. The molecule has 83 heavy (non-hydrogen) atoms. The van der Waals surface area contributed by atoms with Crippen LogP contribution in [0.4, 0.5) is 34.1 Å². The van der Waals surface area contributed by atoms with E-state index in [0.717, 1.165) is 34.1 Å². The Morgan fingerprint density at radius 3 is 1.13 bits per heavy atom. The number of anilines is 6. The molecule has 14 rings (SSSR count). The van der Waals surface area contributed by atoms with Gasteiger partial charge in [0, 0.05) is 39.3 Å². The first-order valence-electron chi connectivity index (χ1n) is 29.2. The molecule has 0 aliphatic heterocycles. The van der Waals surface area contributed by atoms with Gasteiger partial charge in [0.1, 0.15) is 0 Å². The maximum absolute atomic E-state index is 2.49. The van der Waals surface area contributed by atoms with Gasteiger partial charge in [-0.1, -0.05) is 260 Å². The lowest BCUT2D eigenvalue weighted by atomic mass is 9.49. The van der Waals surface area contributed by atoms with Crippen molar-refractivity contribution in [1.29, 1.82) is 0 Å². The predicted octanol–water partition coefficient (Wildman–Crippen LogP) is 23.1. The van der Waals surface area contributed by atoms with E-state index in [1.165, 1.54) is 99.1 Å². The summed E-state index contributed by atoms with van der Waals surface area (Å²) in [6, 6.07) is 108. The zero-order valence-corrected chi connectivity index (χ0v) is 48.1. The first-order chi connectivity index (χ1) is 40.5. The molecule has 13 aromatic rings. The molecule has 0 radical (unpaired) electrons. The summed E-state index contributed by atoms with van der Waals surface area (Å²) in [6.45, 7) is 14.9. The molecule has 0 amide bonds. The highest BCUT2D eigenvalue weighted by atomic mass is 15.2. The second-order valence-electron chi connectivity index (χ2n) is 24.4. The molecule has 0 N–H and O–H groups in total. The predicted molar refractivity (Wildman–Crippen MR) is 355 cm³/mol. The Kier molecular flexibility index (Phi) is 12.6. The van der Waals surface area contributed by atoms with E-state index in [1.54, 1.807) is 0 Å². The standard InChI is InChI=1S/C81H66N2/c1-79(2,3)81(80(4,5)6)77-66-47-44-64(82(62-35-21-11-22-36-62)74-49-42-59(55-27-13-7-14-28-55)52-71(74)57-31-17-9-18-32-57)51-61(66)41-46-70(77)76-68-40-26-25-39-67(68)73-54-65(45-48-69(73)78(76)81)83(63-37-23-12-24-38-63)75-50-43-60(56-29-15-8-16-30-56)53-72(75)58-33-19-10-20-34-58/h7-54H,1-6H3. The van der Waals surface area contributed by atoms with Crippen LogP contribution < -0.4 is 9.80 Å². The maximum Gasteiger partial charge on any atom is 0.0540 e. The van der Waals surface area contributed by atoms with Crippen molar-refractivity contribution in [2.75, 3.05) is 9.80 Å². The van der Waals surface area contributed by atoms with Crippen LogP contribution in [0.15, 0.2) is 291 Å². The molecule has 0 atom stereocenters. The van der Waals surface area contributed by atoms with Gasteiger partial charge in [0.15, 0.2) is 0 Å². The molecule has 0 unspecified atom stereocenters. The van der Waals surface area contributed by atoms with Crippen molar-refractivity contribution in [3.63, 3.8) is 0 Å². The van der Waals surface area contributed by atoms with Gasteiger partial charge in [-0.15, -0.1) is 0 Å². The van der Waals surface area contributed by atoms with Crippen molar-refractivity contribution < 1.29 is 0 Å². The first kappa shape index (κ1) is 51.4. The highest BCUT2D eigenvalue weighted by molar-refractivity contribution is 6.21. The summed E-state index contributed by atoms with van der Waals surface area (Å²) in [5.41, 5.74) is 20.7. The van der Waals surface area contributed by atoms with Crippen LogP contribution in [0.2, 0.25) is 0 Å². The van der Waals surface area contributed by atoms with E-state index in [0.29, 0.717) is 0 Å². The van der Waals surface area contributed by atoms with Crippen molar-refractivity contribution >= 4 is 66.4 Å². The normalized spacial score (nSPS) is 12.8. The second kappa shape index (κ2) is 20.3. The summed E-state index contributed by atoms with van der Waals surface area (Å²) < 4.78 is 0. The molecule has 0 bridgehead atoms. The van der Waals surface area contributed by atoms with Gasteiger partial charge >= 0.3 is 0 Å². The minimum atomic E-state index is -0.449. The lowest BCUT2D eigenvalue weighted by molar-refractivity contribution is 0.0977. The minimum Gasteiger partial charge on any atom is -0.310 e. The zero-order valence-electron chi connectivity index (χ0n) is 48.1. The first-order valence-corrected chi connectivity index (χ1v) is 29.2. The van der Waals surface area contributed by atoms with Crippen molar-refractivity contribution in [1.82, 2.24) is 0 Å². The van der Waals surface area contributed by atoms with Gasteiger partial charge in [-0.25, -0.2) is 0 Å². The number of nitrogens with zero attached hydrogens (tertiary/aromatic N) is 2. The van der Waals surface area contributed by atoms with Gasteiger partial charge in [0.05, 0.1) is 11.4 Å². The molecule has 1 aliphatic carbocycles. The van der Waals surface area contributed by atoms with E-state index in [-0.39, 0.29) is 10.8 Å². The van der Waals surface area contributed by atoms with Crippen LogP contribution in [0.25, 0.3) is 88.0 Å². The molecule has 0 fully saturated rings. The van der Waals surface area contributed by atoms with Gasteiger partial charge < -0.3 is 9.80 Å². The van der Waals surface area contributed by atoms with Gasteiger partial charge in [-0.2, -0.15) is 0 Å². The van der Waals surface area contributed by atoms with Crippen LogP contribution in [0.5, 0.6) is 0 Å². The molecule has 0 spiro atoms. The monoisotopic (exact) mass is 1070 g/mol. The Morgan fingerprint density at radius 2 is 0.663 bits per heavy atom. The SMILES string of the molecule is CC(C)(C)C1(C(C)(C)C)c2c(ccc3cc(N(c4ccccc4)c4ccc(-c5ccccc5)cc4-c4ccccc4)ccc23)-c2c1c1ccc(N(c3ccccc3)c3ccc(-c4ccccc4)cc3-c3ccccc3)cc1c1ccccc21. The second-order valence-corrected chi connectivity index (χ2v) is 24.4. The number of fused-ring (bicyclic) bond motifs is 10. The van der Waals surface area contributed by atoms with Crippen LogP contribution in [0.3, 0.4) is 0 Å². The zero-order chi connectivity index (χ0) is 56.5. The average molecular weight is 1070 g/mol. The lowest BCUT2D eigenvalue weighted by Crippen LogP contribution is -2.50. The summed E-state index contributed by atoms with van der Waals surface area (Å²) in [5, 5.41) is 7.60. The fourth-order valence-corrected chi connectivity index (χ4v) is 14.6. The molecule has 0 aromatic heterocycles. The highest BCUT2D eigenvalue weighted by Gasteiger charge is 2.59. The van der Waals surface area contributed by atoms with E-state index < -0.39 is 5.41 Å². The maximum atomic E-state index is 2.49. The Bertz CT molecular complexity index is 4520. The minimum absolute atomic E-state index is 0.241. The van der Waals surface area contributed by atoms with Gasteiger partial charge in [-0.05, 0) is 172 Å². The molecule has 2 heteroatoms. The Hall–Kier alpha value is -9.76. The fraction of sp³-hybridized carbons (Fsp3) is 0.111. The lowest BCUT2D eigenvalue weighted by Gasteiger charge is -2.54. The summed E-state index contributed by atoms with van der Waals surface area (Å²) in [5.74, 6) is 0. The van der Waals surface area contributed by atoms with Crippen LogP contribution in [0.1, 0.15) is 52.7 Å². The number of para-hydroxylation sites is 2. The molecule has 2 nitrogen and oxygen atoms in total. The van der Waals surface area contributed by atoms with E-state index in [4.69, 9.17) is 0 Å². The summed E-state index contributed by atoms with van der Waals surface area (Å²) in [4.78, 5) is 4.93. The molecule has 400 valence electrons. The topological polar surface area (TPSA) is 6.48 Å². The number of hydrogen-bond acceptors (Lipinski definition) is 2. The summed E-state index contributed by atoms with van der Waals surface area (Å²) >= 11 is 0. The van der Waals surface area contributed by atoms with Gasteiger partial charge in [-0.3, -0.25) is 0 Å². The Labute approximate surface area is 489 Å². The smallest absolute Gasteiger partial charge is 0.0540 e. The molecule has 0 heterocycles. The highest BCUT2D eigenvalue weighted by Crippen LogP contribution is 2.69. The van der Waals surface area contributed by atoms with Crippen LogP contribution >= 0.6 is 0 Å². The third-order valence-electron chi connectivity index (χ3n) is 17.7. The van der Waals surface area contributed by atoms with Crippen LogP contribution in [-0.4, -0.2) is 0 Å². The van der Waals surface area contributed by atoms with E-state index in [9.17, 15) is 0 Å². The molecule has 0 saturated carbocycles. The van der Waals surface area contributed by atoms with Crippen LogP contribution in [-0.2, 0) is 5.41 Å². The molecule has 0 saturated heterocycles. The largest absolute Gasteiger partial charge is 0.310 e. The summed E-state index contributed by atoms with van der Waals surface area (Å²) in [7, 11) is 0. The van der Waals surface area contributed by atoms with Crippen molar-refractivity contribution in [3.05, 3.63) is 302 Å². The molecular formula is C81H66N2. The average Bonchev–Trinajstić information content (AvgIpc) is 1.56. The van der Waals surface area contributed by atoms with E-state index in [1.807, 2.05) is 0 Å². The number of benzene rings is 13. The van der Waals surface area contributed by atoms with Crippen molar-refractivity contribution in [2.24, 2.45) is 10.8 Å². The third-order valence-corrected chi connectivity index (χ3v) is 17.7. The molecule has 13 aromatic carbocycles. The number of rotatable bonds is 10. The summed E-state index contributed by atoms with van der Waals surface area (Å²) in [6.07, 6.45) is 0. The Balaban J connectivity index is 0.991.